The molecule has 7 heteroatoms. The number of nitriles is 1. The Labute approximate surface area is 106 Å². The Balaban J connectivity index is 2.29. The topological polar surface area (TPSA) is 96.1 Å². The van der Waals surface area contributed by atoms with Gasteiger partial charge in [0.05, 0.1) is 5.56 Å². The van der Waals surface area contributed by atoms with Gasteiger partial charge in [0.25, 0.3) is 0 Å². The molecule has 19 heavy (non-hydrogen) atoms. The Kier molecular flexibility index (Phi) is 3.34. The Morgan fingerprint density at radius 1 is 1.37 bits per heavy atom. The minimum Gasteiger partial charge on any atom is -0.478 e. The van der Waals surface area contributed by atoms with Crippen molar-refractivity contribution >= 4 is 5.97 Å². The van der Waals surface area contributed by atoms with E-state index in [9.17, 15) is 9.18 Å². The molecule has 0 amide bonds. The van der Waals surface area contributed by atoms with Crippen LogP contribution in [0, 0.1) is 17.1 Å². The SMILES string of the molecule is N#Cc1c(F)cccc1Oc1ncc(C(=O)O)cn1. The summed E-state index contributed by atoms with van der Waals surface area (Å²) in [4.78, 5) is 17.9. The molecule has 94 valence electrons. The summed E-state index contributed by atoms with van der Waals surface area (Å²) in [5.41, 5.74) is -0.375. The monoisotopic (exact) mass is 259 g/mol. The van der Waals surface area contributed by atoms with Crippen molar-refractivity contribution in [2.24, 2.45) is 0 Å². The van der Waals surface area contributed by atoms with Crippen LogP contribution in [0.3, 0.4) is 0 Å². The molecule has 6 nitrogen and oxygen atoms in total. The predicted molar refractivity (Wildman–Crippen MR) is 60.2 cm³/mol. The molecule has 0 saturated carbocycles. The fourth-order valence-electron chi connectivity index (χ4n) is 1.28. The van der Waals surface area contributed by atoms with E-state index in [1.807, 2.05) is 0 Å². The number of rotatable bonds is 3. The quantitative estimate of drug-likeness (QED) is 0.905. The second-order valence-corrected chi connectivity index (χ2v) is 3.39. The molecular weight excluding hydrogens is 253 g/mol. The zero-order valence-electron chi connectivity index (χ0n) is 9.37. The Hall–Kier alpha value is -3.01. The van der Waals surface area contributed by atoms with Gasteiger partial charge in [-0.15, -0.1) is 0 Å². The van der Waals surface area contributed by atoms with Crippen LogP contribution in [-0.4, -0.2) is 21.0 Å². The van der Waals surface area contributed by atoms with Crippen molar-refractivity contribution in [3.8, 4) is 17.8 Å². The van der Waals surface area contributed by atoms with Crippen molar-refractivity contribution in [1.82, 2.24) is 9.97 Å². The molecule has 1 N–H and O–H groups in total. The molecule has 0 aliphatic heterocycles. The summed E-state index contributed by atoms with van der Waals surface area (Å²) in [6.07, 6.45) is 2.10. The normalized spacial score (nSPS) is 9.68. The lowest BCUT2D eigenvalue weighted by Crippen LogP contribution is -2.00. The number of halogens is 1. The number of carboxylic acid groups (broad SMARTS) is 1. The van der Waals surface area contributed by atoms with Crippen LogP contribution in [-0.2, 0) is 0 Å². The van der Waals surface area contributed by atoms with Crippen molar-refractivity contribution in [1.29, 1.82) is 5.26 Å². The van der Waals surface area contributed by atoms with Crippen LogP contribution in [0.1, 0.15) is 15.9 Å². The summed E-state index contributed by atoms with van der Waals surface area (Å²) < 4.78 is 18.4. The second-order valence-electron chi connectivity index (χ2n) is 3.39. The summed E-state index contributed by atoms with van der Waals surface area (Å²) >= 11 is 0. The fourth-order valence-corrected chi connectivity index (χ4v) is 1.28. The number of hydrogen-bond donors (Lipinski definition) is 1. The molecule has 2 aromatic rings. The van der Waals surface area contributed by atoms with Crippen LogP contribution >= 0.6 is 0 Å². The first-order valence-corrected chi connectivity index (χ1v) is 5.03. The number of aromatic carboxylic acids is 1. The number of carbonyl (C=O) groups is 1. The lowest BCUT2D eigenvalue weighted by molar-refractivity contribution is 0.0696. The standard InChI is InChI=1S/C12H6FN3O3/c13-9-2-1-3-10(8(9)4-14)19-12-15-5-7(6-16-12)11(17)18/h1-3,5-6H,(H,17,18). The van der Waals surface area contributed by atoms with Crippen molar-refractivity contribution in [3.05, 3.63) is 47.5 Å². The van der Waals surface area contributed by atoms with E-state index in [0.29, 0.717) is 0 Å². The van der Waals surface area contributed by atoms with Gasteiger partial charge in [0.2, 0.25) is 0 Å². The van der Waals surface area contributed by atoms with Crippen molar-refractivity contribution in [2.75, 3.05) is 0 Å². The Morgan fingerprint density at radius 3 is 2.63 bits per heavy atom. The fraction of sp³-hybridized carbons (Fsp3) is 0. The zero-order valence-corrected chi connectivity index (χ0v) is 9.37. The maximum Gasteiger partial charge on any atom is 0.338 e. The van der Waals surface area contributed by atoms with Gasteiger partial charge in [0.15, 0.2) is 5.75 Å². The maximum absolute atomic E-state index is 13.3. The van der Waals surface area contributed by atoms with Crippen LogP contribution in [0.15, 0.2) is 30.6 Å². The summed E-state index contributed by atoms with van der Waals surface area (Å²) in [7, 11) is 0. The molecule has 1 heterocycles. The number of carboxylic acids is 1. The smallest absolute Gasteiger partial charge is 0.338 e. The van der Waals surface area contributed by atoms with Crippen molar-refractivity contribution in [2.45, 2.75) is 0 Å². The van der Waals surface area contributed by atoms with Gasteiger partial charge in [-0.25, -0.2) is 19.2 Å². The first kappa shape index (κ1) is 12.4. The van der Waals surface area contributed by atoms with Crippen LogP contribution in [0.25, 0.3) is 0 Å². The maximum atomic E-state index is 13.3. The Bertz CT molecular complexity index is 665. The third-order valence-electron chi connectivity index (χ3n) is 2.16. The molecule has 0 aliphatic carbocycles. The van der Waals surface area contributed by atoms with Crippen LogP contribution in [0.5, 0.6) is 11.8 Å². The van der Waals surface area contributed by atoms with Crippen LogP contribution < -0.4 is 4.74 Å². The number of benzene rings is 1. The highest BCUT2D eigenvalue weighted by molar-refractivity contribution is 5.86. The summed E-state index contributed by atoms with van der Waals surface area (Å²) in [5, 5.41) is 17.5. The van der Waals surface area contributed by atoms with Gasteiger partial charge >= 0.3 is 12.0 Å². The van der Waals surface area contributed by atoms with Gasteiger partial charge in [-0.05, 0) is 12.1 Å². The van der Waals surface area contributed by atoms with Crippen LogP contribution in [0.2, 0.25) is 0 Å². The summed E-state index contributed by atoms with van der Waals surface area (Å²) in [5.74, 6) is -1.93. The highest BCUT2D eigenvalue weighted by atomic mass is 19.1. The molecule has 0 atom stereocenters. The van der Waals surface area contributed by atoms with Gasteiger partial charge in [0, 0.05) is 12.4 Å². The third-order valence-corrected chi connectivity index (χ3v) is 2.16. The zero-order chi connectivity index (χ0) is 13.8. The highest BCUT2D eigenvalue weighted by Crippen LogP contribution is 2.24. The van der Waals surface area contributed by atoms with E-state index in [2.05, 4.69) is 9.97 Å². The minimum atomic E-state index is -1.17. The number of aromatic nitrogens is 2. The van der Waals surface area contributed by atoms with E-state index in [0.717, 1.165) is 18.5 Å². The van der Waals surface area contributed by atoms with Gasteiger partial charge in [-0.3, -0.25) is 0 Å². The molecule has 2 rings (SSSR count). The van der Waals surface area contributed by atoms with E-state index < -0.39 is 11.8 Å². The first-order valence-electron chi connectivity index (χ1n) is 5.03. The van der Waals surface area contributed by atoms with Crippen molar-refractivity contribution < 1.29 is 19.0 Å². The first-order chi connectivity index (χ1) is 9.11. The molecular formula is C12H6FN3O3. The van der Waals surface area contributed by atoms with Gasteiger partial charge < -0.3 is 9.84 Å². The molecule has 0 bridgehead atoms. The average Bonchev–Trinajstić information content (AvgIpc) is 2.39. The molecule has 1 aromatic carbocycles. The summed E-state index contributed by atoms with van der Waals surface area (Å²) in [6.45, 7) is 0. The van der Waals surface area contributed by atoms with Gasteiger partial charge in [0.1, 0.15) is 17.4 Å². The van der Waals surface area contributed by atoms with E-state index in [-0.39, 0.29) is 22.9 Å². The van der Waals surface area contributed by atoms with Gasteiger partial charge in [-0.1, -0.05) is 6.07 Å². The molecule has 1 aromatic heterocycles. The molecule has 0 unspecified atom stereocenters. The number of ether oxygens (including phenoxy) is 1. The molecule has 0 aliphatic rings. The summed E-state index contributed by atoms with van der Waals surface area (Å²) in [6, 6.07) is 5.37. The Morgan fingerprint density at radius 2 is 2.05 bits per heavy atom. The van der Waals surface area contributed by atoms with E-state index in [1.165, 1.54) is 12.1 Å². The molecule has 0 saturated heterocycles. The van der Waals surface area contributed by atoms with E-state index >= 15 is 0 Å². The molecule has 0 fully saturated rings. The predicted octanol–water partition coefficient (Wildman–Crippen LogP) is 1.98. The number of nitrogens with zero attached hydrogens (tertiary/aromatic N) is 3. The minimum absolute atomic E-state index is 0.0365. The largest absolute Gasteiger partial charge is 0.478 e. The van der Waals surface area contributed by atoms with Gasteiger partial charge in [-0.2, -0.15) is 5.26 Å². The lowest BCUT2D eigenvalue weighted by atomic mass is 10.2. The highest BCUT2D eigenvalue weighted by Gasteiger charge is 2.11. The lowest BCUT2D eigenvalue weighted by Gasteiger charge is -2.05. The van der Waals surface area contributed by atoms with Crippen molar-refractivity contribution in [3.63, 3.8) is 0 Å². The van der Waals surface area contributed by atoms with E-state index in [4.69, 9.17) is 15.1 Å². The van der Waals surface area contributed by atoms with E-state index in [1.54, 1.807) is 6.07 Å². The third kappa shape index (κ3) is 2.63. The van der Waals surface area contributed by atoms with Crippen LogP contribution in [0.4, 0.5) is 4.39 Å². The molecule has 0 spiro atoms. The number of hydrogen-bond acceptors (Lipinski definition) is 5. The molecule has 0 radical (unpaired) electrons. The average molecular weight is 259 g/mol. The second kappa shape index (κ2) is 5.10.